The molecule has 1 aliphatic rings. The van der Waals surface area contributed by atoms with Gasteiger partial charge in [-0.15, -0.1) is 11.3 Å². The Hall–Kier alpha value is -2.32. The largest absolute Gasteiger partial charge is 0.455 e. The average molecular weight is 347 g/mol. The van der Waals surface area contributed by atoms with E-state index < -0.39 is 0 Å². The van der Waals surface area contributed by atoms with Gasteiger partial charge in [-0.25, -0.2) is 11.0 Å². The maximum atomic E-state index is 5.92. The molecule has 0 aliphatic carbocycles. The second kappa shape index (κ2) is 5.71. The van der Waals surface area contributed by atoms with Gasteiger partial charge in [0.1, 0.15) is 5.75 Å². The molecule has 0 amide bonds. The molecule has 23 heavy (non-hydrogen) atoms. The number of aromatic nitrogens is 1. The normalized spacial score (nSPS) is 14.0. The van der Waals surface area contributed by atoms with Crippen molar-refractivity contribution in [2.24, 2.45) is 5.84 Å². The lowest BCUT2D eigenvalue weighted by Crippen LogP contribution is -2.33. The zero-order valence-electron chi connectivity index (χ0n) is 11.7. The van der Waals surface area contributed by atoms with Crippen LogP contribution in [0.5, 0.6) is 11.5 Å². The number of pyridine rings is 1. The van der Waals surface area contributed by atoms with E-state index >= 15 is 0 Å². The van der Waals surface area contributed by atoms with Crippen molar-refractivity contribution in [3.63, 3.8) is 0 Å². The first-order valence-corrected chi connectivity index (χ1v) is 7.88. The van der Waals surface area contributed by atoms with Crippen molar-refractivity contribution in [3.05, 3.63) is 58.8 Å². The average Bonchev–Trinajstić information content (AvgIpc) is 3.16. The van der Waals surface area contributed by atoms with Gasteiger partial charge in [-0.2, -0.15) is 0 Å². The van der Waals surface area contributed by atoms with E-state index in [1.54, 1.807) is 42.1 Å². The Morgan fingerprint density at radius 1 is 1.26 bits per heavy atom. The molecule has 1 aromatic carbocycles. The highest BCUT2D eigenvalue weighted by molar-refractivity contribution is 7.20. The van der Waals surface area contributed by atoms with Gasteiger partial charge in [0.15, 0.2) is 11.5 Å². The smallest absolute Gasteiger partial charge is 0.185 e. The lowest BCUT2D eigenvalue weighted by molar-refractivity contribution is 0.0477. The quantitative estimate of drug-likeness (QED) is 0.705. The monoisotopic (exact) mass is 346 g/mol. The number of benzene rings is 1. The minimum absolute atomic E-state index is 0.645. The highest BCUT2D eigenvalue weighted by atomic mass is 35.5. The van der Waals surface area contributed by atoms with Crippen molar-refractivity contribution < 1.29 is 9.57 Å². The van der Waals surface area contributed by atoms with Crippen LogP contribution in [0.15, 0.2) is 48.9 Å². The van der Waals surface area contributed by atoms with Gasteiger partial charge >= 0.3 is 0 Å². The van der Waals surface area contributed by atoms with Gasteiger partial charge in [0.05, 0.1) is 22.0 Å². The van der Waals surface area contributed by atoms with Crippen molar-refractivity contribution >= 4 is 38.8 Å². The molecule has 0 radical (unpaired) electrons. The van der Waals surface area contributed by atoms with Crippen LogP contribution in [0.4, 0.5) is 0 Å². The molecule has 0 spiro atoms. The molecule has 0 atom stereocenters. The lowest BCUT2D eigenvalue weighted by Gasteiger charge is -2.06. The van der Waals surface area contributed by atoms with Crippen LogP contribution in [0.2, 0.25) is 5.02 Å². The van der Waals surface area contributed by atoms with Crippen LogP contribution in [0.3, 0.4) is 0 Å². The first kappa shape index (κ1) is 14.3. The fourth-order valence-electron chi connectivity index (χ4n) is 2.16. The minimum atomic E-state index is 0.645. The number of halogens is 1. The summed E-state index contributed by atoms with van der Waals surface area (Å²) in [5, 5.41) is 2.87. The summed E-state index contributed by atoms with van der Waals surface area (Å²) >= 11 is 7.44. The third-order valence-electron chi connectivity index (χ3n) is 3.21. The Balaban J connectivity index is 1.71. The van der Waals surface area contributed by atoms with Crippen LogP contribution in [0, 0.1) is 0 Å². The second-order valence-corrected chi connectivity index (χ2v) is 6.33. The van der Waals surface area contributed by atoms with E-state index in [9.17, 15) is 0 Å². The number of hydrazine groups is 2. The molecule has 0 fully saturated rings. The van der Waals surface area contributed by atoms with E-state index in [-0.39, 0.29) is 0 Å². The molecule has 2 aromatic heterocycles. The van der Waals surface area contributed by atoms with Crippen molar-refractivity contribution in [2.45, 2.75) is 0 Å². The van der Waals surface area contributed by atoms with Gasteiger partial charge < -0.3 is 9.57 Å². The summed E-state index contributed by atoms with van der Waals surface area (Å²) < 4.78 is 6.91. The first-order valence-electron chi connectivity index (χ1n) is 6.68. The number of hydrogen-bond donors (Lipinski definition) is 2. The molecule has 3 heterocycles. The number of ether oxygens (including phenoxy) is 1. The standard InChI is InChI=1S/C15H11ClN4O2S/c16-9-1-3-10(4-2-9)21-12-6-18-7-15-11(12)5-14(23-15)13-8-20(17)19-22-13/h1-8,19H,17H2. The zero-order chi connectivity index (χ0) is 15.8. The minimum Gasteiger partial charge on any atom is -0.455 e. The molecule has 3 N–H and O–H groups in total. The van der Waals surface area contributed by atoms with Crippen LogP contribution in [0.1, 0.15) is 4.88 Å². The fourth-order valence-corrected chi connectivity index (χ4v) is 3.28. The van der Waals surface area contributed by atoms with Crippen LogP contribution in [0.25, 0.3) is 15.8 Å². The number of rotatable bonds is 3. The van der Waals surface area contributed by atoms with Gasteiger partial charge in [-0.1, -0.05) is 17.2 Å². The number of hydrogen-bond acceptors (Lipinski definition) is 7. The van der Waals surface area contributed by atoms with Gasteiger partial charge in [-0.3, -0.25) is 4.98 Å². The molecular formula is C15H11ClN4O2S. The van der Waals surface area contributed by atoms with Crippen LogP contribution in [-0.4, -0.2) is 10.1 Å². The predicted molar refractivity (Wildman–Crippen MR) is 89.4 cm³/mol. The zero-order valence-corrected chi connectivity index (χ0v) is 13.3. The molecule has 0 unspecified atom stereocenters. The van der Waals surface area contributed by atoms with Gasteiger partial charge in [0, 0.05) is 16.6 Å². The van der Waals surface area contributed by atoms with E-state index in [1.165, 1.54) is 5.12 Å². The molecule has 1 aliphatic heterocycles. The first-order chi connectivity index (χ1) is 11.2. The van der Waals surface area contributed by atoms with Gasteiger partial charge in [0.2, 0.25) is 0 Å². The van der Waals surface area contributed by atoms with Crippen molar-refractivity contribution in [1.29, 1.82) is 0 Å². The Morgan fingerprint density at radius 3 is 2.83 bits per heavy atom. The Kier molecular flexibility index (Phi) is 3.55. The summed E-state index contributed by atoms with van der Waals surface area (Å²) in [4.78, 5) is 10.5. The molecule has 0 saturated heterocycles. The highest BCUT2D eigenvalue weighted by Crippen LogP contribution is 2.37. The molecular weight excluding hydrogens is 336 g/mol. The Morgan fingerprint density at radius 2 is 2.09 bits per heavy atom. The van der Waals surface area contributed by atoms with Crippen LogP contribution in [-0.2, 0) is 4.84 Å². The van der Waals surface area contributed by atoms with E-state index in [0.29, 0.717) is 22.3 Å². The van der Waals surface area contributed by atoms with Crippen LogP contribution < -0.4 is 16.2 Å². The van der Waals surface area contributed by atoms with Gasteiger partial charge in [0.25, 0.3) is 0 Å². The maximum Gasteiger partial charge on any atom is 0.185 e. The number of thiophene rings is 1. The van der Waals surface area contributed by atoms with Crippen molar-refractivity contribution in [1.82, 2.24) is 15.7 Å². The Labute approximate surface area is 140 Å². The highest BCUT2D eigenvalue weighted by Gasteiger charge is 2.17. The molecule has 116 valence electrons. The Bertz CT molecular complexity index is 894. The molecule has 8 heteroatoms. The third-order valence-corrected chi connectivity index (χ3v) is 4.55. The van der Waals surface area contributed by atoms with Gasteiger partial charge in [-0.05, 0) is 30.3 Å². The third kappa shape index (κ3) is 2.82. The molecule has 4 rings (SSSR count). The summed E-state index contributed by atoms with van der Waals surface area (Å²) in [7, 11) is 0. The number of nitrogens with zero attached hydrogens (tertiary/aromatic N) is 2. The topological polar surface area (TPSA) is 72.6 Å². The molecule has 6 nitrogen and oxygen atoms in total. The van der Waals surface area contributed by atoms with Crippen LogP contribution >= 0.6 is 22.9 Å². The fraction of sp³-hybridized carbons (Fsp3) is 0. The van der Waals surface area contributed by atoms with Crippen molar-refractivity contribution in [2.75, 3.05) is 0 Å². The maximum absolute atomic E-state index is 5.92. The second-order valence-electron chi connectivity index (χ2n) is 4.81. The van der Waals surface area contributed by atoms with Crippen molar-refractivity contribution in [3.8, 4) is 11.5 Å². The number of nitrogens with one attached hydrogen (secondary N) is 1. The number of nitrogens with two attached hydrogens (primary N) is 1. The number of fused-ring (bicyclic) bond motifs is 1. The summed E-state index contributed by atoms with van der Waals surface area (Å²) in [6.45, 7) is 0. The van der Waals surface area contributed by atoms with E-state index in [1.807, 2.05) is 18.2 Å². The lowest BCUT2D eigenvalue weighted by atomic mass is 10.2. The van der Waals surface area contributed by atoms with E-state index in [2.05, 4.69) is 10.6 Å². The van der Waals surface area contributed by atoms with E-state index in [4.69, 9.17) is 27.0 Å². The summed E-state index contributed by atoms with van der Waals surface area (Å²) in [6.07, 6.45) is 5.14. The van der Waals surface area contributed by atoms with E-state index in [0.717, 1.165) is 15.0 Å². The summed E-state index contributed by atoms with van der Waals surface area (Å²) in [5.74, 6) is 7.59. The molecule has 0 saturated carbocycles. The predicted octanol–water partition coefficient (Wildman–Crippen LogP) is 3.67. The molecule has 3 aromatic rings. The summed E-state index contributed by atoms with van der Waals surface area (Å²) in [6, 6.07) is 9.17. The SMILES string of the molecule is NN1C=C(c2cc3c(Oc4ccc(Cl)cc4)cncc3s2)ON1. The molecule has 0 bridgehead atoms. The summed E-state index contributed by atoms with van der Waals surface area (Å²) in [5.41, 5.74) is 2.54.